The first-order valence-electron chi connectivity index (χ1n) is 7.39. The van der Waals surface area contributed by atoms with Gasteiger partial charge in [-0.25, -0.2) is 4.98 Å². The Bertz CT molecular complexity index is 561. The number of aliphatic hydroxyl groups is 1. The Kier molecular flexibility index (Phi) is 3.56. The number of fused-ring (bicyclic) bond motifs is 1. The summed E-state index contributed by atoms with van der Waals surface area (Å²) in [5.74, 6) is 1.02. The van der Waals surface area contributed by atoms with E-state index in [0.29, 0.717) is 0 Å². The molecule has 2 unspecified atom stereocenters. The van der Waals surface area contributed by atoms with Crippen LogP contribution in [0.2, 0.25) is 0 Å². The van der Waals surface area contributed by atoms with Crippen LogP contribution in [0.3, 0.4) is 0 Å². The fraction of sp³-hybridized carbons (Fsp3) is 0.562. The van der Waals surface area contributed by atoms with Gasteiger partial charge in [-0.1, -0.05) is 37.8 Å². The third-order valence-electron chi connectivity index (χ3n) is 4.30. The van der Waals surface area contributed by atoms with Crippen LogP contribution in [0.1, 0.15) is 50.4 Å². The van der Waals surface area contributed by atoms with Crippen molar-refractivity contribution in [1.82, 2.24) is 9.55 Å². The molecule has 0 amide bonds. The lowest BCUT2D eigenvalue weighted by molar-refractivity contribution is 0.0895. The molecule has 1 aliphatic carbocycles. The molecule has 3 nitrogen and oxygen atoms in total. The third-order valence-corrected chi connectivity index (χ3v) is 4.30. The van der Waals surface area contributed by atoms with Gasteiger partial charge in [-0.3, -0.25) is 0 Å². The minimum absolute atomic E-state index is 0.188. The molecule has 0 bridgehead atoms. The van der Waals surface area contributed by atoms with Gasteiger partial charge < -0.3 is 9.67 Å². The number of imidazole rings is 1. The molecular weight excluding hydrogens is 236 g/mol. The average molecular weight is 258 g/mol. The molecule has 102 valence electrons. The minimum Gasteiger partial charge on any atom is -0.391 e. The van der Waals surface area contributed by atoms with Crippen molar-refractivity contribution in [1.29, 1.82) is 0 Å². The van der Waals surface area contributed by atoms with Gasteiger partial charge in [-0.2, -0.15) is 0 Å². The highest BCUT2D eigenvalue weighted by Gasteiger charge is 2.25. The van der Waals surface area contributed by atoms with Crippen LogP contribution in [0.5, 0.6) is 0 Å². The van der Waals surface area contributed by atoms with Gasteiger partial charge in [0.1, 0.15) is 5.82 Å². The Morgan fingerprint density at radius 3 is 2.68 bits per heavy atom. The zero-order valence-electron chi connectivity index (χ0n) is 11.5. The van der Waals surface area contributed by atoms with E-state index in [2.05, 4.69) is 21.7 Å². The van der Waals surface area contributed by atoms with E-state index >= 15 is 0 Å². The molecule has 0 spiro atoms. The van der Waals surface area contributed by atoms with Crippen LogP contribution in [-0.2, 0) is 0 Å². The summed E-state index contributed by atoms with van der Waals surface area (Å²) in [4.78, 5) is 4.63. The Balaban J connectivity index is 2.03. The summed E-state index contributed by atoms with van der Waals surface area (Å²) in [7, 11) is 0. The van der Waals surface area contributed by atoms with Crippen molar-refractivity contribution in [3.63, 3.8) is 0 Å². The van der Waals surface area contributed by atoms with Gasteiger partial charge in [-0.15, -0.1) is 0 Å². The molecule has 2 atom stereocenters. The summed E-state index contributed by atoms with van der Waals surface area (Å²) < 4.78 is 2.26. The number of rotatable bonds is 1. The zero-order valence-corrected chi connectivity index (χ0v) is 11.5. The molecule has 0 aliphatic heterocycles. The molecule has 1 saturated carbocycles. The van der Waals surface area contributed by atoms with Gasteiger partial charge in [0.25, 0.3) is 0 Å². The number of hydrogen-bond donors (Lipinski definition) is 1. The summed E-state index contributed by atoms with van der Waals surface area (Å²) in [5.41, 5.74) is 2.19. The fourth-order valence-electron chi connectivity index (χ4n) is 3.33. The molecule has 19 heavy (non-hydrogen) atoms. The number of hydrogen-bond acceptors (Lipinski definition) is 2. The number of aryl methyl sites for hydroxylation is 1. The highest BCUT2D eigenvalue weighted by atomic mass is 16.3. The first kappa shape index (κ1) is 12.7. The minimum atomic E-state index is -0.239. The fourth-order valence-corrected chi connectivity index (χ4v) is 3.33. The van der Waals surface area contributed by atoms with Crippen LogP contribution in [0.25, 0.3) is 11.0 Å². The quantitative estimate of drug-likeness (QED) is 0.848. The van der Waals surface area contributed by atoms with Crippen molar-refractivity contribution in [2.24, 2.45) is 0 Å². The van der Waals surface area contributed by atoms with Crippen LogP contribution >= 0.6 is 0 Å². The van der Waals surface area contributed by atoms with Gasteiger partial charge in [0.15, 0.2) is 0 Å². The molecule has 1 N–H and O–H groups in total. The Morgan fingerprint density at radius 1 is 1.11 bits per heavy atom. The first-order chi connectivity index (χ1) is 9.27. The predicted molar refractivity (Wildman–Crippen MR) is 77.2 cm³/mol. The van der Waals surface area contributed by atoms with Crippen molar-refractivity contribution in [2.45, 2.75) is 57.6 Å². The van der Waals surface area contributed by atoms with Crippen molar-refractivity contribution >= 4 is 11.0 Å². The van der Waals surface area contributed by atoms with Gasteiger partial charge in [0.2, 0.25) is 0 Å². The monoisotopic (exact) mass is 258 g/mol. The number of aromatic nitrogens is 2. The molecule has 1 aromatic heterocycles. The van der Waals surface area contributed by atoms with E-state index in [1.165, 1.54) is 19.3 Å². The van der Waals surface area contributed by atoms with Crippen LogP contribution < -0.4 is 0 Å². The lowest BCUT2D eigenvalue weighted by atomic mass is 9.94. The zero-order chi connectivity index (χ0) is 13.2. The van der Waals surface area contributed by atoms with Crippen LogP contribution in [-0.4, -0.2) is 20.8 Å². The summed E-state index contributed by atoms with van der Waals surface area (Å²) in [5, 5.41) is 10.5. The van der Waals surface area contributed by atoms with E-state index in [9.17, 15) is 5.11 Å². The lowest BCUT2D eigenvalue weighted by Gasteiger charge is -2.28. The van der Waals surface area contributed by atoms with E-state index in [0.717, 1.165) is 36.1 Å². The standard InChI is InChI=1S/C16H22N2O/c1-12-17-13-8-6-7-9-14(13)18(12)15-10-4-2-3-5-11-16(15)19/h6-9,15-16,19H,2-5,10-11H2,1H3. The van der Waals surface area contributed by atoms with E-state index in [1.807, 2.05) is 19.1 Å². The molecule has 2 aromatic rings. The third kappa shape index (κ3) is 2.39. The van der Waals surface area contributed by atoms with Crippen LogP contribution in [0.15, 0.2) is 24.3 Å². The first-order valence-corrected chi connectivity index (χ1v) is 7.39. The highest BCUT2D eigenvalue weighted by Crippen LogP contribution is 2.31. The second-order valence-corrected chi connectivity index (χ2v) is 5.64. The summed E-state index contributed by atoms with van der Waals surface area (Å²) >= 11 is 0. The second-order valence-electron chi connectivity index (χ2n) is 5.64. The van der Waals surface area contributed by atoms with Crippen LogP contribution in [0.4, 0.5) is 0 Å². The normalized spacial score (nSPS) is 25.2. The van der Waals surface area contributed by atoms with Gasteiger partial charge >= 0.3 is 0 Å². The molecule has 0 radical (unpaired) electrons. The Hall–Kier alpha value is -1.35. The molecule has 1 fully saturated rings. The average Bonchev–Trinajstić information content (AvgIpc) is 2.71. The Labute approximate surface area is 114 Å². The highest BCUT2D eigenvalue weighted by molar-refractivity contribution is 5.76. The van der Waals surface area contributed by atoms with Gasteiger partial charge in [-0.05, 0) is 31.9 Å². The molecule has 1 aromatic carbocycles. The second kappa shape index (κ2) is 5.33. The lowest BCUT2D eigenvalue weighted by Crippen LogP contribution is -2.26. The smallest absolute Gasteiger partial charge is 0.107 e. The van der Waals surface area contributed by atoms with Crippen molar-refractivity contribution < 1.29 is 5.11 Å². The molecule has 1 heterocycles. The summed E-state index contributed by atoms with van der Waals surface area (Å²) in [6.07, 6.45) is 6.62. The maximum Gasteiger partial charge on any atom is 0.107 e. The predicted octanol–water partition coefficient (Wildman–Crippen LogP) is 3.60. The maximum atomic E-state index is 10.5. The maximum absolute atomic E-state index is 10.5. The van der Waals surface area contributed by atoms with Crippen LogP contribution in [0, 0.1) is 6.92 Å². The molecular formula is C16H22N2O. The van der Waals surface area contributed by atoms with Crippen molar-refractivity contribution in [3.05, 3.63) is 30.1 Å². The largest absolute Gasteiger partial charge is 0.391 e. The molecule has 1 aliphatic rings. The number of para-hydroxylation sites is 2. The van der Waals surface area contributed by atoms with Crippen molar-refractivity contribution in [3.8, 4) is 0 Å². The molecule has 3 heteroatoms. The van der Waals surface area contributed by atoms with E-state index in [1.54, 1.807) is 0 Å². The van der Waals surface area contributed by atoms with E-state index in [-0.39, 0.29) is 12.1 Å². The summed E-state index contributed by atoms with van der Waals surface area (Å²) in [6, 6.07) is 8.42. The topological polar surface area (TPSA) is 38.0 Å². The number of nitrogens with zero attached hydrogens (tertiary/aromatic N) is 2. The van der Waals surface area contributed by atoms with Gasteiger partial charge in [0.05, 0.1) is 23.2 Å². The van der Waals surface area contributed by atoms with E-state index in [4.69, 9.17) is 0 Å². The van der Waals surface area contributed by atoms with Gasteiger partial charge in [0, 0.05) is 0 Å². The van der Waals surface area contributed by atoms with E-state index < -0.39 is 0 Å². The number of aliphatic hydroxyl groups excluding tert-OH is 1. The Morgan fingerprint density at radius 2 is 1.84 bits per heavy atom. The number of benzene rings is 1. The molecule has 0 saturated heterocycles. The molecule has 3 rings (SSSR count). The summed E-state index contributed by atoms with van der Waals surface area (Å²) in [6.45, 7) is 2.05. The SMILES string of the molecule is Cc1nc2ccccc2n1C1CCCCCCC1O. The van der Waals surface area contributed by atoms with Crippen molar-refractivity contribution in [2.75, 3.05) is 0 Å².